The van der Waals surface area contributed by atoms with E-state index in [1.807, 2.05) is 4.90 Å². The zero-order valence-corrected chi connectivity index (χ0v) is 15.2. The van der Waals surface area contributed by atoms with Crippen molar-refractivity contribution in [2.45, 2.75) is 31.7 Å². The number of pyridine rings is 1. The Labute approximate surface area is 161 Å². The monoisotopic (exact) mass is 386 g/mol. The fourth-order valence-electron chi connectivity index (χ4n) is 3.83. The van der Waals surface area contributed by atoms with Crippen LogP contribution in [0.4, 0.5) is 25.1 Å². The van der Waals surface area contributed by atoms with Crippen LogP contribution in [0.2, 0.25) is 0 Å². The average Bonchev–Trinajstić information content (AvgIpc) is 3.31. The second-order valence-corrected chi connectivity index (χ2v) is 7.08. The summed E-state index contributed by atoms with van der Waals surface area (Å²) in [6.07, 6.45) is 5.86. The van der Waals surface area contributed by atoms with Crippen LogP contribution >= 0.6 is 0 Å². The molecule has 146 valence electrons. The van der Waals surface area contributed by atoms with Gasteiger partial charge in [0.25, 0.3) is 5.91 Å². The summed E-state index contributed by atoms with van der Waals surface area (Å²) in [6, 6.07) is 6.17. The van der Waals surface area contributed by atoms with Gasteiger partial charge in [0.15, 0.2) is 0 Å². The summed E-state index contributed by atoms with van der Waals surface area (Å²) >= 11 is 0. The molecule has 28 heavy (non-hydrogen) atoms. The van der Waals surface area contributed by atoms with E-state index in [1.165, 1.54) is 6.20 Å². The van der Waals surface area contributed by atoms with E-state index in [4.69, 9.17) is 0 Å². The Morgan fingerprint density at radius 1 is 1.07 bits per heavy atom. The smallest absolute Gasteiger partial charge is 0.321 e. The number of nitrogens with one attached hydrogen (secondary N) is 1. The third kappa shape index (κ3) is 3.67. The van der Waals surface area contributed by atoms with Crippen molar-refractivity contribution < 1.29 is 18.4 Å². The Hall–Kier alpha value is -3.03. The van der Waals surface area contributed by atoms with Crippen LogP contribution in [0, 0.1) is 11.6 Å². The van der Waals surface area contributed by atoms with Crippen molar-refractivity contribution in [3.63, 3.8) is 0 Å². The predicted octanol–water partition coefficient (Wildman–Crippen LogP) is 3.80. The standard InChI is InChI=1S/C20H20F2N4O2/c21-14-9-13(10-15(22)11-14)19(27)24-16-5-6-18(23-12-16)26-8-7-25(20(26)28)17-3-1-2-4-17/h5-6,9-12,17H,1-4,7-8H2,(H,24,27). The summed E-state index contributed by atoms with van der Waals surface area (Å²) in [6.45, 7) is 1.27. The lowest BCUT2D eigenvalue weighted by molar-refractivity contribution is 0.102. The molecule has 0 spiro atoms. The van der Waals surface area contributed by atoms with E-state index in [0.717, 1.165) is 37.8 Å². The van der Waals surface area contributed by atoms with E-state index in [2.05, 4.69) is 10.3 Å². The first kappa shape index (κ1) is 18.3. The summed E-state index contributed by atoms with van der Waals surface area (Å²) in [5.41, 5.74) is 0.251. The Balaban J connectivity index is 1.42. The molecule has 1 aliphatic heterocycles. The van der Waals surface area contributed by atoms with Crippen LogP contribution in [0.15, 0.2) is 36.5 Å². The number of rotatable bonds is 4. The average molecular weight is 386 g/mol. The molecule has 0 unspecified atom stereocenters. The summed E-state index contributed by atoms with van der Waals surface area (Å²) in [5.74, 6) is -1.77. The molecule has 2 fully saturated rings. The summed E-state index contributed by atoms with van der Waals surface area (Å²) in [7, 11) is 0. The summed E-state index contributed by atoms with van der Waals surface area (Å²) in [4.78, 5) is 32.7. The minimum absolute atomic E-state index is 0.0357. The zero-order chi connectivity index (χ0) is 19.7. The van der Waals surface area contributed by atoms with Gasteiger partial charge in [0.05, 0.1) is 11.9 Å². The number of aromatic nitrogens is 1. The maximum Gasteiger partial charge on any atom is 0.326 e. The molecule has 2 aromatic rings. The van der Waals surface area contributed by atoms with Crippen molar-refractivity contribution in [3.8, 4) is 0 Å². The Bertz CT molecular complexity index is 877. The number of urea groups is 1. The largest absolute Gasteiger partial charge is 0.326 e. The molecule has 1 N–H and O–H groups in total. The molecule has 3 amide bonds. The van der Waals surface area contributed by atoms with Crippen molar-refractivity contribution in [2.24, 2.45) is 0 Å². The topological polar surface area (TPSA) is 65.5 Å². The maximum atomic E-state index is 13.3. The van der Waals surface area contributed by atoms with Crippen molar-refractivity contribution in [3.05, 3.63) is 53.7 Å². The maximum absolute atomic E-state index is 13.3. The Kier molecular flexibility index (Phi) is 4.93. The first-order valence-electron chi connectivity index (χ1n) is 9.33. The Morgan fingerprint density at radius 2 is 1.79 bits per heavy atom. The van der Waals surface area contributed by atoms with Gasteiger partial charge in [-0.3, -0.25) is 9.69 Å². The number of amides is 3. The number of anilines is 2. The highest BCUT2D eigenvalue weighted by Gasteiger charge is 2.36. The lowest BCUT2D eigenvalue weighted by Gasteiger charge is -2.23. The number of hydrogen-bond acceptors (Lipinski definition) is 3. The zero-order valence-electron chi connectivity index (χ0n) is 15.2. The van der Waals surface area contributed by atoms with Crippen LogP contribution in [-0.2, 0) is 0 Å². The van der Waals surface area contributed by atoms with Crippen molar-refractivity contribution in [1.29, 1.82) is 0 Å². The van der Waals surface area contributed by atoms with Crippen LogP contribution in [0.25, 0.3) is 0 Å². The van der Waals surface area contributed by atoms with Crippen LogP contribution in [0.1, 0.15) is 36.0 Å². The fourth-order valence-corrected chi connectivity index (χ4v) is 3.83. The van der Waals surface area contributed by atoms with Crippen molar-refractivity contribution in [2.75, 3.05) is 23.3 Å². The molecule has 0 radical (unpaired) electrons. The van der Waals surface area contributed by atoms with E-state index < -0.39 is 17.5 Å². The second-order valence-electron chi connectivity index (χ2n) is 7.08. The van der Waals surface area contributed by atoms with Gasteiger partial charge in [-0.15, -0.1) is 0 Å². The lowest BCUT2D eigenvalue weighted by atomic mass is 10.2. The molecule has 6 nitrogen and oxygen atoms in total. The van der Waals surface area contributed by atoms with Crippen molar-refractivity contribution in [1.82, 2.24) is 9.88 Å². The third-order valence-corrected chi connectivity index (χ3v) is 5.21. The molecule has 1 saturated heterocycles. The summed E-state index contributed by atoms with van der Waals surface area (Å²) < 4.78 is 26.5. The number of carbonyl (C=O) groups is 2. The minimum atomic E-state index is -0.821. The van der Waals surface area contributed by atoms with E-state index in [1.54, 1.807) is 17.0 Å². The Morgan fingerprint density at radius 3 is 2.43 bits per heavy atom. The molecule has 1 saturated carbocycles. The molecule has 2 heterocycles. The molecule has 8 heteroatoms. The van der Waals surface area contributed by atoms with Gasteiger partial charge in [0, 0.05) is 30.8 Å². The molecule has 1 aromatic heterocycles. The lowest BCUT2D eigenvalue weighted by Crippen LogP contribution is -2.38. The number of halogens is 2. The number of nitrogens with zero attached hydrogens (tertiary/aromatic N) is 3. The molecule has 2 aliphatic rings. The van der Waals surface area contributed by atoms with Crippen LogP contribution in [0.3, 0.4) is 0 Å². The molecule has 4 rings (SSSR count). The SMILES string of the molecule is O=C(Nc1ccc(N2CCN(C3CCCC3)C2=O)nc1)c1cc(F)cc(F)c1. The van der Waals surface area contributed by atoms with Gasteiger partial charge >= 0.3 is 6.03 Å². The highest BCUT2D eigenvalue weighted by molar-refractivity contribution is 6.04. The molecular weight excluding hydrogens is 366 g/mol. The van der Waals surface area contributed by atoms with Gasteiger partial charge in [-0.05, 0) is 37.1 Å². The molecule has 1 aromatic carbocycles. The van der Waals surface area contributed by atoms with Gasteiger partial charge in [-0.2, -0.15) is 0 Å². The van der Waals surface area contributed by atoms with E-state index in [0.29, 0.717) is 36.7 Å². The summed E-state index contributed by atoms with van der Waals surface area (Å²) in [5, 5.41) is 2.55. The highest BCUT2D eigenvalue weighted by atomic mass is 19.1. The first-order chi connectivity index (χ1) is 13.5. The van der Waals surface area contributed by atoms with E-state index in [9.17, 15) is 18.4 Å². The third-order valence-electron chi connectivity index (χ3n) is 5.21. The normalized spacial score (nSPS) is 17.4. The highest BCUT2D eigenvalue weighted by Crippen LogP contribution is 2.28. The molecule has 0 bridgehead atoms. The number of benzene rings is 1. The van der Waals surface area contributed by atoms with Crippen molar-refractivity contribution >= 4 is 23.4 Å². The fraction of sp³-hybridized carbons (Fsp3) is 0.350. The van der Waals surface area contributed by atoms with E-state index >= 15 is 0 Å². The van der Waals surface area contributed by atoms with Gasteiger partial charge in [0.2, 0.25) is 0 Å². The quantitative estimate of drug-likeness (QED) is 0.869. The van der Waals surface area contributed by atoms with Crippen LogP contribution in [-0.4, -0.2) is 41.0 Å². The first-order valence-corrected chi connectivity index (χ1v) is 9.33. The molecule has 1 aliphatic carbocycles. The second kappa shape index (κ2) is 7.53. The minimum Gasteiger partial charge on any atom is -0.321 e. The van der Waals surface area contributed by atoms with Gasteiger partial charge in [0.1, 0.15) is 17.5 Å². The molecular formula is C20H20F2N4O2. The van der Waals surface area contributed by atoms with E-state index in [-0.39, 0.29) is 11.6 Å². The number of hydrogen-bond donors (Lipinski definition) is 1. The predicted molar refractivity (Wildman–Crippen MR) is 100 cm³/mol. The number of carbonyl (C=O) groups excluding carboxylic acids is 2. The molecule has 0 atom stereocenters. The van der Waals surface area contributed by atoms with Crippen LogP contribution < -0.4 is 10.2 Å². The van der Waals surface area contributed by atoms with Gasteiger partial charge in [-0.1, -0.05) is 12.8 Å². The van der Waals surface area contributed by atoms with Gasteiger partial charge < -0.3 is 10.2 Å². The van der Waals surface area contributed by atoms with Gasteiger partial charge in [-0.25, -0.2) is 18.6 Å². The van der Waals surface area contributed by atoms with Crippen LogP contribution in [0.5, 0.6) is 0 Å².